The van der Waals surface area contributed by atoms with Gasteiger partial charge in [-0.15, -0.1) is 0 Å². The third-order valence-corrected chi connectivity index (χ3v) is 5.69. The van der Waals surface area contributed by atoms with Gasteiger partial charge in [-0.3, -0.25) is 9.59 Å². The number of aryl methyl sites for hydroxylation is 1. The summed E-state index contributed by atoms with van der Waals surface area (Å²) in [6.07, 6.45) is 1.68. The van der Waals surface area contributed by atoms with Crippen LogP contribution in [0.2, 0.25) is 0 Å². The molecule has 2 aromatic rings. The van der Waals surface area contributed by atoms with Crippen molar-refractivity contribution in [3.63, 3.8) is 0 Å². The summed E-state index contributed by atoms with van der Waals surface area (Å²) in [6.45, 7) is 9.69. The minimum Gasteiger partial charge on any atom is -0.490 e. The Morgan fingerprint density at radius 1 is 1.00 bits per heavy atom. The Hall–Kier alpha value is -2.54. The molecule has 2 rings (SSSR count). The molecule has 2 amide bonds. The van der Waals surface area contributed by atoms with Crippen molar-refractivity contribution >= 4 is 27.7 Å². The molecule has 0 saturated carbocycles. The molecule has 0 unspecified atom stereocenters. The molecule has 0 bridgehead atoms. The molecule has 2 aromatic carbocycles. The van der Waals surface area contributed by atoms with E-state index >= 15 is 0 Å². The number of carbonyl (C=O) groups is 2. The van der Waals surface area contributed by atoms with Crippen LogP contribution in [0.25, 0.3) is 0 Å². The Kier molecular flexibility index (Phi) is 11.2. The molecule has 0 radical (unpaired) electrons. The Labute approximate surface area is 205 Å². The fourth-order valence-electron chi connectivity index (χ4n) is 3.46. The maximum Gasteiger partial charge on any atom is 0.242 e. The van der Waals surface area contributed by atoms with Crippen LogP contribution in [0.15, 0.2) is 46.9 Å². The highest BCUT2D eigenvalue weighted by Crippen LogP contribution is 2.29. The summed E-state index contributed by atoms with van der Waals surface area (Å²) in [7, 11) is 0. The van der Waals surface area contributed by atoms with Crippen molar-refractivity contribution in [2.45, 2.75) is 59.5 Å². The summed E-state index contributed by atoms with van der Waals surface area (Å²) in [4.78, 5) is 27.6. The molecule has 0 aliphatic carbocycles. The smallest absolute Gasteiger partial charge is 0.242 e. The van der Waals surface area contributed by atoms with Crippen LogP contribution < -0.4 is 14.8 Å². The second-order valence-electron chi connectivity index (χ2n) is 7.77. The van der Waals surface area contributed by atoms with E-state index in [0.29, 0.717) is 50.6 Å². The van der Waals surface area contributed by atoms with Crippen molar-refractivity contribution in [1.82, 2.24) is 10.2 Å². The number of ether oxygens (including phenoxy) is 2. The number of halogens is 1. The normalized spacial score (nSPS) is 11.5. The first-order valence-electron chi connectivity index (χ1n) is 11.6. The molecular weight excluding hydrogens is 484 g/mol. The van der Waals surface area contributed by atoms with Crippen LogP contribution >= 0.6 is 15.9 Å². The third kappa shape index (κ3) is 8.39. The average molecular weight is 519 g/mol. The van der Waals surface area contributed by atoms with Gasteiger partial charge in [-0.1, -0.05) is 41.1 Å². The number of nitrogens with zero attached hydrogens (tertiary/aromatic N) is 1. The molecular formula is C26H35BrN2O4. The second-order valence-corrected chi connectivity index (χ2v) is 8.68. The van der Waals surface area contributed by atoms with Crippen LogP contribution in [0, 0.1) is 0 Å². The van der Waals surface area contributed by atoms with Crippen LogP contribution in [0.5, 0.6) is 11.5 Å². The Morgan fingerprint density at radius 3 is 2.39 bits per heavy atom. The number of rotatable bonds is 13. The number of nitrogens with one attached hydrogen (secondary N) is 1. The van der Waals surface area contributed by atoms with Crippen molar-refractivity contribution in [2.24, 2.45) is 0 Å². The zero-order valence-electron chi connectivity index (χ0n) is 20.0. The van der Waals surface area contributed by atoms with E-state index in [1.54, 1.807) is 11.8 Å². The fourth-order valence-corrected chi connectivity index (χ4v) is 3.90. The molecule has 0 aliphatic rings. The van der Waals surface area contributed by atoms with E-state index in [2.05, 4.69) is 21.2 Å². The highest BCUT2D eigenvalue weighted by molar-refractivity contribution is 9.10. The van der Waals surface area contributed by atoms with Gasteiger partial charge in [-0.2, -0.15) is 0 Å². The van der Waals surface area contributed by atoms with Gasteiger partial charge in [0, 0.05) is 24.0 Å². The standard InChI is InChI=1S/C26H35BrN2O4/c1-5-15-28-26(31)19(4)29(18-21-9-8-10-22(27)16-21)25(30)14-12-20-11-13-23(32-6-2)24(17-20)33-7-3/h8-11,13,16-17,19H,5-7,12,14-15,18H2,1-4H3,(H,28,31)/t19-/m1/s1. The molecule has 0 aliphatic heterocycles. The van der Waals surface area contributed by atoms with Crippen LogP contribution in [-0.4, -0.2) is 42.5 Å². The van der Waals surface area contributed by atoms with E-state index in [0.717, 1.165) is 22.0 Å². The summed E-state index contributed by atoms with van der Waals surface area (Å²) in [6, 6.07) is 13.0. The minimum absolute atomic E-state index is 0.0685. The molecule has 6 nitrogen and oxygen atoms in total. The predicted molar refractivity (Wildman–Crippen MR) is 135 cm³/mol. The van der Waals surface area contributed by atoms with Crippen LogP contribution in [0.4, 0.5) is 0 Å². The predicted octanol–water partition coefficient (Wildman–Crippen LogP) is 5.12. The summed E-state index contributed by atoms with van der Waals surface area (Å²) in [5.74, 6) is 1.18. The topological polar surface area (TPSA) is 67.9 Å². The Morgan fingerprint density at radius 2 is 1.73 bits per heavy atom. The average Bonchev–Trinajstić information content (AvgIpc) is 2.80. The minimum atomic E-state index is -0.567. The first-order chi connectivity index (χ1) is 15.9. The van der Waals surface area contributed by atoms with Crippen LogP contribution in [-0.2, 0) is 22.6 Å². The summed E-state index contributed by atoms with van der Waals surface area (Å²) in [5.41, 5.74) is 1.95. The van der Waals surface area contributed by atoms with Gasteiger partial charge in [0.05, 0.1) is 13.2 Å². The summed E-state index contributed by atoms with van der Waals surface area (Å²) < 4.78 is 12.3. The number of amides is 2. The van der Waals surface area contributed by atoms with Gasteiger partial charge in [-0.05, 0) is 69.0 Å². The molecule has 0 saturated heterocycles. The van der Waals surface area contributed by atoms with Crippen molar-refractivity contribution in [3.8, 4) is 11.5 Å². The van der Waals surface area contributed by atoms with E-state index in [4.69, 9.17) is 9.47 Å². The van der Waals surface area contributed by atoms with Gasteiger partial charge in [0.2, 0.25) is 11.8 Å². The SMILES string of the molecule is CCCNC(=O)[C@@H](C)N(Cc1cccc(Br)c1)C(=O)CCc1ccc(OCC)c(OCC)c1. The summed E-state index contributed by atoms with van der Waals surface area (Å²) >= 11 is 3.48. The lowest BCUT2D eigenvalue weighted by atomic mass is 10.1. The van der Waals surface area contributed by atoms with E-state index in [9.17, 15) is 9.59 Å². The first kappa shape index (κ1) is 26.7. The van der Waals surface area contributed by atoms with Crippen molar-refractivity contribution in [1.29, 1.82) is 0 Å². The van der Waals surface area contributed by atoms with E-state index in [-0.39, 0.29) is 11.8 Å². The monoisotopic (exact) mass is 518 g/mol. The highest BCUT2D eigenvalue weighted by atomic mass is 79.9. The number of hydrogen-bond acceptors (Lipinski definition) is 4. The molecule has 33 heavy (non-hydrogen) atoms. The molecule has 1 N–H and O–H groups in total. The van der Waals surface area contributed by atoms with Gasteiger partial charge in [0.25, 0.3) is 0 Å². The molecule has 0 heterocycles. The van der Waals surface area contributed by atoms with Gasteiger partial charge in [0.1, 0.15) is 6.04 Å². The number of hydrogen-bond donors (Lipinski definition) is 1. The first-order valence-corrected chi connectivity index (χ1v) is 12.4. The lowest BCUT2D eigenvalue weighted by Crippen LogP contribution is -2.47. The molecule has 7 heteroatoms. The van der Waals surface area contributed by atoms with Crippen molar-refractivity contribution < 1.29 is 19.1 Å². The van der Waals surface area contributed by atoms with Gasteiger partial charge >= 0.3 is 0 Å². The maximum absolute atomic E-state index is 13.3. The largest absolute Gasteiger partial charge is 0.490 e. The molecule has 0 aromatic heterocycles. The number of carbonyl (C=O) groups excluding carboxylic acids is 2. The second kappa shape index (κ2) is 13.9. The van der Waals surface area contributed by atoms with Gasteiger partial charge in [0.15, 0.2) is 11.5 Å². The number of benzene rings is 2. The van der Waals surface area contributed by atoms with Crippen molar-refractivity contribution in [3.05, 3.63) is 58.1 Å². The molecule has 180 valence electrons. The highest BCUT2D eigenvalue weighted by Gasteiger charge is 2.25. The quantitative estimate of drug-likeness (QED) is 0.399. The molecule has 0 spiro atoms. The Bertz CT molecular complexity index is 919. The lowest BCUT2D eigenvalue weighted by Gasteiger charge is -2.29. The van der Waals surface area contributed by atoms with E-state index in [1.807, 2.05) is 63.2 Å². The van der Waals surface area contributed by atoms with Crippen LogP contribution in [0.1, 0.15) is 51.7 Å². The van der Waals surface area contributed by atoms with E-state index < -0.39 is 6.04 Å². The van der Waals surface area contributed by atoms with Crippen molar-refractivity contribution in [2.75, 3.05) is 19.8 Å². The van der Waals surface area contributed by atoms with Crippen LogP contribution in [0.3, 0.4) is 0 Å². The zero-order valence-corrected chi connectivity index (χ0v) is 21.6. The molecule has 1 atom stereocenters. The lowest BCUT2D eigenvalue weighted by molar-refractivity contribution is -0.140. The van der Waals surface area contributed by atoms with Gasteiger partial charge < -0.3 is 19.7 Å². The van der Waals surface area contributed by atoms with Gasteiger partial charge in [-0.25, -0.2) is 0 Å². The fraction of sp³-hybridized carbons (Fsp3) is 0.462. The maximum atomic E-state index is 13.3. The Balaban J connectivity index is 2.16. The molecule has 0 fully saturated rings. The zero-order chi connectivity index (χ0) is 24.2. The third-order valence-electron chi connectivity index (χ3n) is 5.19. The van der Waals surface area contributed by atoms with E-state index in [1.165, 1.54) is 0 Å². The summed E-state index contributed by atoms with van der Waals surface area (Å²) in [5, 5.41) is 2.91.